The molecule has 0 spiro atoms. The normalized spacial score (nSPS) is 17.3. The number of ether oxygens (including phenoxy) is 1. The molecule has 1 saturated carbocycles. The molecule has 0 aliphatic heterocycles. The Morgan fingerprint density at radius 2 is 1.78 bits per heavy atom. The highest BCUT2D eigenvalue weighted by Crippen LogP contribution is 2.28. The Morgan fingerprint density at radius 1 is 1.17 bits per heavy atom. The highest BCUT2D eigenvalue weighted by molar-refractivity contribution is 5.80. The summed E-state index contributed by atoms with van der Waals surface area (Å²) in [6.45, 7) is 0. The van der Waals surface area contributed by atoms with Gasteiger partial charge in [0, 0.05) is 5.56 Å². The Hall–Kier alpha value is -1.84. The van der Waals surface area contributed by atoms with Crippen molar-refractivity contribution in [2.24, 2.45) is 5.92 Å². The van der Waals surface area contributed by atoms with Crippen LogP contribution in [0.15, 0.2) is 30.3 Å². The van der Waals surface area contributed by atoms with Gasteiger partial charge in [0.2, 0.25) is 6.10 Å². The predicted octanol–water partition coefficient (Wildman–Crippen LogP) is 2.55. The van der Waals surface area contributed by atoms with Gasteiger partial charge in [-0.25, -0.2) is 4.79 Å². The van der Waals surface area contributed by atoms with Gasteiger partial charge < -0.3 is 9.84 Å². The van der Waals surface area contributed by atoms with E-state index in [0.717, 1.165) is 25.7 Å². The molecule has 96 valence electrons. The van der Waals surface area contributed by atoms with Crippen molar-refractivity contribution in [1.82, 2.24) is 0 Å². The lowest BCUT2D eigenvalue weighted by atomic mass is 10.1. The Morgan fingerprint density at radius 3 is 2.33 bits per heavy atom. The maximum atomic E-state index is 11.8. The Balaban J connectivity index is 2.07. The smallest absolute Gasteiger partial charge is 0.349 e. The van der Waals surface area contributed by atoms with Gasteiger partial charge >= 0.3 is 11.9 Å². The van der Waals surface area contributed by atoms with Crippen molar-refractivity contribution in [3.8, 4) is 0 Å². The summed E-state index contributed by atoms with van der Waals surface area (Å²) in [5, 5.41) is 9.14. The molecule has 1 unspecified atom stereocenters. The third-order valence-corrected chi connectivity index (χ3v) is 3.25. The summed E-state index contributed by atoms with van der Waals surface area (Å²) in [6, 6.07) is 8.56. The molecule has 0 amide bonds. The molecular weight excluding hydrogens is 232 g/mol. The first kappa shape index (κ1) is 12.6. The fraction of sp³-hybridized carbons (Fsp3) is 0.429. The van der Waals surface area contributed by atoms with Gasteiger partial charge in [-0.15, -0.1) is 0 Å². The second kappa shape index (κ2) is 5.67. The number of hydrogen-bond donors (Lipinski definition) is 1. The monoisotopic (exact) mass is 248 g/mol. The minimum atomic E-state index is -1.20. The first-order chi connectivity index (χ1) is 8.68. The predicted molar refractivity (Wildman–Crippen MR) is 64.9 cm³/mol. The molecule has 0 radical (unpaired) electrons. The molecule has 1 atom stereocenters. The molecule has 0 aromatic heterocycles. The van der Waals surface area contributed by atoms with Crippen molar-refractivity contribution in [1.29, 1.82) is 0 Å². The fourth-order valence-electron chi connectivity index (χ4n) is 2.26. The van der Waals surface area contributed by atoms with E-state index in [-0.39, 0.29) is 11.9 Å². The van der Waals surface area contributed by atoms with Gasteiger partial charge in [-0.2, -0.15) is 0 Å². The van der Waals surface area contributed by atoms with Gasteiger partial charge in [0.05, 0.1) is 5.92 Å². The van der Waals surface area contributed by atoms with E-state index in [1.165, 1.54) is 0 Å². The van der Waals surface area contributed by atoms with Crippen LogP contribution in [-0.4, -0.2) is 17.0 Å². The molecule has 0 bridgehead atoms. The SMILES string of the molecule is O=C(OC(C(=O)O)c1ccccc1)C1CCCC1. The molecule has 1 aliphatic carbocycles. The lowest BCUT2D eigenvalue weighted by Gasteiger charge is -2.16. The summed E-state index contributed by atoms with van der Waals surface area (Å²) in [6.07, 6.45) is 2.45. The molecule has 1 aliphatic rings. The van der Waals surface area contributed by atoms with Crippen molar-refractivity contribution >= 4 is 11.9 Å². The van der Waals surface area contributed by atoms with Crippen LogP contribution < -0.4 is 0 Å². The zero-order valence-electron chi connectivity index (χ0n) is 10.0. The van der Waals surface area contributed by atoms with Gasteiger partial charge in [-0.3, -0.25) is 4.79 Å². The maximum Gasteiger partial charge on any atom is 0.349 e. The topological polar surface area (TPSA) is 63.6 Å². The largest absolute Gasteiger partial charge is 0.478 e. The van der Waals surface area contributed by atoms with Crippen molar-refractivity contribution in [3.63, 3.8) is 0 Å². The van der Waals surface area contributed by atoms with E-state index < -0.39 is 12.1 Å². The van der Waals surface area contributed by atoms with Crippen molar-refractivity contribution in [2.45, 2.75) is 31.8 Å². The van der Waals surface area contributed by atoms with Crippen LogP contribution in [0, 0.1) is 5.92 Å². The molecule has 18 heavy (non-hydrogen) atoms. The van der Waals surface area contributed by atoms with Gasteiger partial charge in [-0.1, -0.05) is 43.2 Å². The van der Waals surface area contributed by atoms with Crippen LogP contribution >= 0.6 is 0 Å². The maximum absolute atomic E-state index is 11.8. The number of hydrogen-bond acceptors (Lipinski definition) is 3. The van der Waals surface area contributed by atoms with Crippen molar-refractivity contribution in [3.05, 3.63) is 35.9 Å². The number of rotatable bonds is 4. The van der Waals surface area contributed by atoms with Crippen LogP contribution in [0.3, 0.4) is 0 Å². The molecule has 4 nitrogen and oxygen atoms in total. The number of esters is 1. The van der Waals surface area contributed by atoms with Crippen LogP contribution in [-0.2, 0) is 14.3 Å². The Kier molecular flexibility index (Phi) is 3.97. The second-order valence-electron chi connectivity index (χ2n) is 4.55. The van der Waals surface area contributed by atoms with Crippen LogP contribution in [0.1, 0.15) is 37.4 Å². The van der Waals surface area contributed by atoms with Crippen LogP contribution in [0.25, 0.3) is 0 Å². The summed E-state index contributed by atoms with van der Waals surface area (Å²) in [7, 11) is 0. The molecule has 0 heterocycles. The number of carboxylic acid groups (broad SMARTS) is 1. The summed E-state index contributed by atoms with van der Waals surface area (Å²) in [5.74, 6) is -1.65. The molecule has 1 fully saturated rings. The highest BCUT2D eigenvalue weighted by Gasteiger charge is 2.30. The number of aliphatic carboxylic acids is 1. The number of carboxylic acids is 1. The van der Waals surface area contributed by atoms with Crippen LogP contribution in [0.4, 0.5) is 0 Å². The summed E-state index contributed by atoms with van der Waals surface area (Å²) < 4.78 is 5.14. The summed E-state index contributed by atoms with van der Waals surface area (Å²) in [5.41, 5.74) is 0.497. The summed E-state index contributed by atoms with van der Waals surface area (Å²) in [4.78, 5) is 23.0. The Labute approximate surface area is 106 Å². The standard InChI is InChI=1S/C14H16O4/c15-13(16)12(10-6-2-1-3-7-10)18-14(17)11-8-4-5-9-11/h1-3,6-7,11-12H,4-5,8-9H2,(H,15,16). The number of benzene rings is 1. The quantitative estimate of drug-likeness (QED) is 0.832. The third-order valence-electron chi connectivity index (χ3n) is 3.25. The minimum Gasteiger partial charge on any atom is -0.478 e. The lowest BCUT2D eigenvalue weighted by Crippen LogP contribution is -2.23. The van der Waals surface area contributed by atoms with Gasteiger partial charge in [0.1, 0.15) is 0 Å². The first-order valence-corrected chi connectivity index (χ1v) is 6.16. The Bertz CT molecular complexity index is 421. The molecule has 0 saturated heterocycles. The zero-order chi connectivity index (χ0) is 13.0. The molecule has 1 aromatic carbocycles. The molecule has 2 rings (SSSR count). The van der Waals surface area contributed by atoms with Crippen molar-refractivity contribution < 1.29 is 19.4 Å². The molecule has 1 aromatic rings. The van der Waals surface area contributed by atoms with Crippen LogP contribution in [0.5, 0.6) is 0 Å². The highest BCUT2D eigenvalue weighted by atomic mass is 16.6. The van der Waals surface area contributed by atoms with Gasteiger partial charge in [0.25, 0.3) is 0 Å². The van der Waals surface area contributed by atoms with E-state index in [0.29, 0.717) is 5.56 Å². The van der Waals surface area contributed by atoms with E-state index in [4.69, 9.17) is 9.84 Å². The second-order valence-corrected chi connectivity index (χ2v) is 4.55. The number of carbonyl (C=O) groups is 2. The molecule has 1 N–H and O–H groups in total. The fourth-order valence-corrected chi connectivity index (χ4v) is 2.26. The van der Waals surface area contributed by atoms with Gasteiger partial charge in [0.15, 0.2) is 0 Å². The van der Waals surface area contributed by atoms with Crippen molar-refractivity contribution in [2.75, 3.05) is 0 Å². The number of carbonyl (C=O) groups excluding carboxylic acids is 1. The van der Waals surface area contributed by atoms with Crippen LogP contribution in [0.2, 0.25) is 0 Å². The first-order valence-electron chi connectivity index (χ1n) is 6.16. The lowest BCUT2D eigenvalue weighted by molar-refractivity contribution is -0.167. The van der Waals surface area contributed by atoms with E-state index in [2.05, 4.69) is 0 Å². The summed E-state index contributed by atoms with van der Waals surface area (Å²) >= 11 is 0. The third kappa shape index (κ3) is 2.88. The molecular formula is C14H16O4. The minimum absolute atomic E-state index is 0.129. The van der Waals surface area contributed by atoms with E-state index in [1.54, 1.807) is 30.3 Å². The van der Waals surface area contributed by atoms with E-state index in [1.807, 2.05) is 0 Å². The van der Waals surface area contributed by atoms with E-state index >= 15 is 0 Å². The van der Waals surface area contributed by atoms with Gasteiger partial charge in [-0.05, 0) is 12.8 Å². The van der Waals surface area contributed by atoms with E-state index in [9.17, 15) is 9.59 Å². The average molecular weight is 248 g/mol. The zero-order valence-corrected chi connectivity index (χ0v) is 10.0. The molecule has 4 heteroatoms. The average Bonchev–Trinajstić information content (AvgIpc) is 2.90.